The third-order valence-corrected chi connectivity index (χ3v) is 5.48. The fraction of sp³-hybridized carbons (Fsp3) is 0.389. The van der Waals surface area contributed by atoms with Gasteiger partial charge in [-0.1, -0.05) is 12.5 Å². The Hall–Kier alpha value is -1.99. The second-order valence-corrected chi connectivity index (χ2v) is 7.34. The van der Waals surface area contributed by atoms with Gasteiger partial charge in [0, 0.05) is 37.5 Å². The van der Waals surface area contributed by atoms with Gasteiger partial charge in [0.2, 0.25) is 0 Å². The molecule has 1 aliphatic rings. The number of fused-ring (bicyclic) bond motifs is 1. The Kier molecular flexibility index (Phi) is 4.67. The molecule has 3 aromatic heterocycles. The smallest absolute Gasteiger partial charge is 0.171 e. The number of hydrogen-bond donors (Lipinski definition) is 2. The van der Waals surface area contributed by atoms with Crippen molar-refractivity contribution in [2.75, 3.05) is 11.9 Å². The van der Waals surface area contributed by atoms with Crippen LogP contribution in [0, 0.1) is 5.92 Å². The molecule has 25 heavy (non-hydrogen) atoms. The number of pyridine rings is 1. The zero-order valence-corrected chi connectivity index (χ0v) is 15.4. The molecule has 0 spiro atoms. The van der Waals surface area contributed by atoms with Crippen LogP contribution in [-0.2, 0) is 6.54 Å². The summed E-state index contributed by atoms with van der Waals surface area (Å²) in [6.07, 6.45) is 8.66. The SMILES string of the molecule is OC[C@H]1CCCC1c1cc(NCc2cccnc2)n2ncc(Br)c2n1. The van der Waals surface area contributed by atoms with E-state index in [9.17, 15) is 5.11 Å². The highest BCUT2D eigenvalue weighted by molar-refractivity contribution is 9.10. The third kappa shape index (κ3) is 3.26. The van der Waals surface area contributed by atoms with Crippen LogP contribution in [0.2, 0.25) is 0 Å². The zero-order valence-electron chi connectivity index (χ0n) is 13.8. The largest absolute Gasteiger partial charge is 0.396 e. The molecule has 3 heterocycles. The Morgan fingerprint density at radius 2 is 2.24 bits per heavy atom. The minimum Gasteiger partial charge on any atom is -0.396 e. The van der Waals surface area contributed by atoms with E-state index in [1.54, 1.807) is 12.4 Å². The quantitative estimate of drug-likeness (QED) is 0.685. The second-order valence-electron chi connectivity index (χ2n) is 6.49. The molecule has 6 nitrogen and oxygen atoms in total. The first-order chi connectivity index (χ1) is 12.3. The monoisotopic (exact) mass is 401 g/mol. The van der Waals surface area contributed by atoms with Gasteiger partial charge in [0.25, 0.3) is 0 Å². The Balaban J connectivity index is 1.69. The van der Waals surface area contributed by atoms with Crippen LogP contribution in [0.1, 0.15) is 36.4 Å². The van der Waals surface area contributed by atoms with Gasteiger partial charge in [-0.3, -0.25) is 4.98 Å². The predicted octanol–water partition coefficient (Wildman–Crippen LogP) is 3.37. The summed E-state index contributed by atoms with van der Waals surface area (Å²) in [7, 11) is 0. The molecule has 1 unspecified atom stereocenters. The van der Waals surface area contributed by atoms with E-state index in [0.29, 0.717) is 18.4 Å². The standard InChI is InChI=1S/C18H20BrN5O/c19-15-10-22-24-17(21-9-12-3-2-6-20-8-12)7-16(23-18(15)24)14-5-1-4-13(14)11-25/h2-3,6-8,10,13-14,21,25H,1,4-5,9,11H2/t13-,14?/m1/s1. The number of hydrogen-bond acceptors (Lipinski definition) is 5. The van der Waals surface area contributed by atoms with E-state index >= 15 is 0 Å². The van der Waals surface area contributed by atoms with E-state index in [1.807, 2.05) is 22.8 Å². The van der Waals surface area contributed by atoms with Crippen LogP contribution < -0.4 is 5.32 Å². The van der Waals surface area contributed by atoms with Crippen LogP contribution in [-0.4, -0.2) is 31.3 Å². The average Bonchev–Trinajstić information content (AvgIpc) is 3.27. The van der Waals surface area contributed by atoms with Crippen molar-refractivity contribution in [2.45, 2.75) is 31.7 Å². The molecule has 1 fully saturated rings. The molecular formula is C18H20BrN5O. The number of anilines is 1. The first-order valence-electron chi connectivity index (χ1n) is 8.54. The average molecular weight is 402 g/mol. The lowest BCUT2D eigenvalue weighted by atomic mass is 9.93. The number of rotatable bonds is 5. The minimum atomic E-state index is 0.219. The summed E-state index contributed by atoms with van der Waals surface area (Å²) in [6, 6.07) is 6.04. The van der Waals surface area contributed by atoms with Gasteiger partial charge in [-0.15, -0.1) is 0 Å². The van der Waals surface area contributed by atoms with E-state index < -0.39 is 0 Å². The molecule has 2 atom stereocenters. The van der Waals surface area contributed by atoms with Crippen LogP contribution in [0.3, 0.4) is 0 Å². The van der Waals surface area contributed by atoms with Crippen molar-refractivity contribution in [3.05, 3.63) is 52.5 Å². The molecule has 0 amide bonds. The van der Waals surface area contributed by atoms with Crippen LogP contribution >= 0.6 is 15.9 Å². The fourth-order valence-electron chi connectivity index (χ4n) is 3.61. The van der Waals surface area contributed by atoms with Gasteiger partial charge < -0.3 is 10.4 Å². The van der Waals surface area contributed by atoms with Crippen LogP contribution in [0.25, 0.3) is 5.65 Å². The van der Waals surface area contributed by atoms with Crippen molar-refractivity contribution in [1.29, 1.82) is 0 Å². The fourth-order valence-corrected chi connectivity index (χ4v) is 3.96. The number of nitrogens with zero attached hydrogens (tertiary/aromatic N) is 4. The number of aliphatic hydroxyl groups is 1. The summed E-state index contributed by atoms with van der Waals surface area (Å²) < 4.78 is 2.68. The molecule has 0 saturated heterocycles. The molecule has 4 rings (SSSR count). The van der Waals surface area contributed by atoms with E-state index in [4.69, 9.17) is 4.98 Å². The van der Waals surface area contributed by atoms with Crippen molar-refractivity contribution in [3.63, 3.8) is 0 Å². The van der Waals surface area contributed by atoms with Gasteiger partial charge in [0.15, 0.2) is 5.65 Å². The van der Waals surface area contributed by atoms with Crippen molar-refractivity contribution in [3.8, 4) is 0 Å². The highest BCUT2D eigenvalue weighted by atomic mass is 79.9. The number of halogens is 1. The van der Waals surface area contributed by atoms with Gasteiger partial charge in [0.1, 0.15) is 5.82 Å². The minimum absolute atomic E-state index is 0.219. The summed E-state index contributed by atoms with van der Waals surface area (Å²) >= 11 is 3.54. The van der Waals surface area contributed by atoms with Gasteiger partial charge in [0.05, 0.1) is 16.4 Å². The molecule has 7 heteroatoms. The van der Waals surface area contributed by atoms with E-state index in [1.165, 1.54) is 0 Å². The molecule has 0 aliphatic heterocycles. The molecule has 3 aromatic rings. The molecule has 0 aromatic carbocycles. The normalized spacial score (nSPS) is 20.2. The Morgan fingerprint density at radius 1 is 1.32 bits per heavy atom. The maximum Gasteiger partial charge on any atom is 0.171 e. The van der Waals surface area contributed by atoms with Crippen LogP contribution in [0.5, 0.6) is 0 Å². The number of aliphatic hydroxyl groups excluding tert-OH is 1. The lowest BCUT2D eigenvalue weighted by Gasteiger charge is -2.18. The number of nitrogens with one attached hydrogen (secondary N) is 1. The molecule has 0 radical (unpaired) electrons. The molecule has 2 N–H and O–H groups in total. The summed E-state index contributed by atoms with van der Waals surface area (Å²) in [6.45, 7) is 0.883. The zero-order chi connectivity index (χ0) is 17.2. The van der Waals surface area contributed by atoms with Gasteiger partial charge in [-0.25, -0.2) is 4.98 Å². The second kappa shape index (κ2) is 7.09. The summed E-state index contributed by atoms with van der Waals surface area (Å²) in [5.41, 5.74) is 2.93. The maximum atomic E-state index is 9.67. The Bertz CT molecular complexity index is 867. The summed E-state index contributed by atoms with van der Waals surface area (Å²) in [5, 5.41) is 17.5. The van der Waals surface area contributed by atoms with Crippen molar-refractivity contribution >= 4 is 27.4 Å². The highest BCUT2D eigenvalue weighted by Crippen LogP contribution is 2.39. The Morgan fingerprint density at radius 3 is 3.04 bits per heavy atom. The molecular weight excluding hydrogens is 382 g/mol. The first-order valence-corrected chi connectivity index (χ1v) is 9.33. The molecule has 130 valence electrons. The van der Waals surface area contributed by atoms with Crippen LogP contribution in [0.15, 0.2) is 41.3 Å². The topological polar surface area (TPSA) is 75.3 Å². The molecule has 1 saturated carbocycles. The summed E-state index contributed by atoms with van der Waals surface area (Å²) in [4.78, 5) is 8.98. The summed E-state index contributed by atoms with van der Waals surface area (Å²) in [5.74, 6) is 1.50. The predicted molar refractivity (Wildman–Crippen MR) is 99.4 cm³/mol. The third-order valence-electron chi connectivity index (χ3n) is 4.92. The number of aromatic nitrogens is 4. The molecule has 0 bridgehead atoms. The van der Waals surface area contributed by atoms with Crippen molar-refractivity contribution in [2.24, 2.45) is 5.92 Å². The molecule has 1 aliphatic carbocycles. The maximum absolute atomic E-state index is 9.67. The lowest BCUT2D eigenvalue weighted by Crippen LogP contribution is -2.14. The lowest BCUT2D eigenvalue weighted by molar-refractivity contribution is 0.216. The van der Waals surface area contributed by atoms with E-state index in [0.717, 1.165) is 46.5 Å². The highest BCUT2D eigenvalue weighted by Gasteiger charge is 2.30. The Labute approximate surface area is 154 Å². The first kappa shape index (κ1) is 16.5. The van der Waals surface area contributed by atoms with Gasteiger partial charge >= 0.3 is 0 Å². The van der Waals surface area contributed by atoms with E-state index in [2.05, 4.69) is 37.4 Å². The van der Waals surface area contributed by atoms with Crippen molar-refractivity contribution < 1.29 is 5.11 Å². The van der Waals surface area contributed by atoms with Gasteiger partial charge in [-0.05, 0) is 46.3 Å². The van der Waals surface area contributed by atoms with Gasteiger partial charge in [-0.2, -0.15) is 9.61 Å². The van der Waals surface area contributed by atoms with Crippen LogP contribution in [0.4, 0.5) is 5.82 Å². The van der Waals surface area contributed by atoms with Crippen molar-refractivity contribution in [1.82, 2.24) is 19.6 Å². The van der Waals surface area contributed by atoms with E-state index in [-0.39, 0.29) is 6.61 Å².